The maximum atomic E-state index is 12.9. The summed E-state index contributed by atoms with van der Waals surface area (Å²) in [4.78, 5) is 25.9. The van der Waals surface area contributed by atoms with Gasteiger partial charge >= 0.3 is 0 Å². The summed E-state index contributed by atoms with van der Waals surface area (Å²) in [5.74, 6) is -0.532. The first-order chi connectivity index (χ1) is 16.7. The summed E-state index contributed by atoms with van der Waals surface area (Å²) < 4.78 is 0. The van der Waals surface area contributed by atoms with Crippen LogP contribution in [0.3, 0.4) is 0 Å². The number of carbonyl (C=O) groups is 2. The number of rotatable bonds is 4. The van der Waals surface area contributed by atoms with Gasteiger partial charge < -0.3 is 10.6 Å². The third-order valence-corrected chi connectivity index (χ3v) is 6.24. The Balaban J connectivity index is 1.37. The van der Waals surface area contributed by atoms with Gasteiger partial charge in [-0.2, -0.15) is 0 Å². The lowest BCUT2D eigenvalue weighted by atomic mass is 9.99. The first-order valence-electron chi connectivity index (χ1n) is 11.1. The molecule has 2 amide bonds. The van der Waals surface area contributed by atoms with Gasteiger partial charge in [0.05, 0.1) is 22.5 Å². The van der Waals surface area contributed by atoms with Crippen molar-refractivity contribution in [3.8, 4) is 22.3 Å². The van der Waals surface area contributed by atoms with E-state index >= 15 is 0 Å². The van der Waals surface area contributed by atoms with Crippen LogP contribution < -0.4 is 10.6 Å². The first kappa shape index (κ1) is 19.9. The largest absolute Gasteiger partial charge is 0.321 e. The zero-order valence-electron chi connectivity index (χ0n) is 18.2. The molecule has 4 heteroatoms. The number of hydrogen-bond acceptors (Lipinski definition) is 2. The molecule has 0 atom stereocenters. The Labute approximate surface area is 197 Å². The normalized spacial score (nSPS) is 14.8. The lowest BCUT2D eigenvalue weighted by molar-refractivity contribution is -0.117. The first-order valence-corrected chi connectivity index (χ1v) is 11.1. The molecule has 0 saturated carbocycles. The van der Waals surface area contributed by atoms with Crippen LogP contribution >= 0.6 is 0 Å². The minimum Gasteiger partial charge on any atom is -0.321 e. The van der Waals surface area contributed by atoms with Gasteiger partial charge in [0, 0.05) is 0 Å². The lowest BCUT2D eigenvalue weighted by Gasteiger charge is -2.09. The Bertz CT molecular complexity index is 1360. The van der Waals surface area contributed by atoms with Crippen molar-refractivity contribution in [2.24, 2.45) is 0 Å². The predicted octanol–water partition coefficient (Wildman–Crippen LogP) is 5.40. The van der Waals surface area contributed by atoms with Crippen molar-refractivity contribution >= 4 is 23.2 Å². The van der Waals surface area contributed by atoms with E-state index in [2.05, 4.69) is 34.9 Å². The molecule has 0 aliphatic carbocycles. The number of benzene rings is 4. The average molecular weight is 441 g/mol. The summed E-state index contributed by atoms with van der Waals surface area (Å²) in [6, 6.07) is 35.9. The highest BCUT2D eigenvalue weighted by Gasteiger charge is 2.40. The molecule has 34 heavy (non-hydrogen) atoms. The molecule has 0 aromatic heterocycles. The highest BCUT2D eigenvalue weighted by molar-refractivity contribution is 6.30. The molecule has 0 saturated heterocycles. The van der Waals surface area contributed by atoms with Gasteiger partial charge in [-0.1, -0.05) is 109 Å². The third-order valence-electron chi connectivity index (χ3n) is 6.24. The molecular weight excluding hydrogens is 420 g/mol. The van der Waals surface area contributed by atoms with Crippen LogP contribution in [0.2, 0.25) is 0 Å². The number of nitrogens with one attached hydrogen (secondary N) is 2. The lowest BCUT2D eigenvalue weighted by Crippen LogP contribution is -2.21. The summed E-state index contributed by atoms with van der Waals surface area (Å²) >= 11 is 0. The predicted molar refractivity (Wildman–Crippen MR) is 134 cm³/mol. The van der Waals surface area contributed by atoms with Crippen LogP contribution in [0.4, 0.5) is 0 Å². The molecule has 4 aromatic carbocycles. The highest BCUT2D eigenvalue weighted by Crippen LogP contribution is 2.38. The molecule has 4 nitrogen and oxygen atoms in total. The fourth-order valence-electron chi connectivity index (χ4n) is 4.53. The van der Waals surface area contributed by atoms with E-state index in [1.807, 2.05) is 84.9 Å². The second kappa shape index (κ2) is 8.01. The van der Waals surface area contributed by atoms with Crippen LogP contribution in [0.1, 0.15) is 11.1 Å². The maximum Gasteiger partial charge on any atom is 0.258 e. The zero-order valence-corrected chi connectivity index (χ0v) is 18.2. The molecule has 0 radical (unpaired) electrons. The fraction of sp³-hybridized carbons (Fsp3) is 0. The summed E-state index contributed by atoms with van der Waals surface area (Å²) in [5, 5.41) is 5.84. The van der Waals surface area contributed by atoms with E-state index in [0.29, 0.717) is 22.5 Å². The van der Waals surface area contributed by atoms with Gasteiger partial charge in [-0.05, 0) is 33.4 Å². The Morgan fingerprint density at radius 2 is 0.647 bits per heavy atom. The Kier molecular flexibility index (Phi) is 4.70. The van der Waals surface area contributed by atoms with Crippen molar-refractivity contribution < 1.29 is 9.59 Å². The quantitative estimate of drug-likeness (QED) is 0.446. The third kappa shape index (κ3) is 3.33. The second-order valence-electron chi connectivity index (χ2n) is 8.29. The van der Waals surface area contributed by atoms with Gasteiger partial charge in [-0.3, -0.25) is 9.59 Å². The van der Waals surface area contributed by atoms with Crippen LogP contribution in [0.5, 0.6) is 0 Å². The van der Waals surface area contributed by atoms with Crippen LogP contribution in [0.25, 0.3) is 33.6 Å². The molecule has 162 valence electrons. The highest BCUT2D eigenvalue weighted by atomic mass is 16.2. The van der Waals surface area contributed by atoms with Crippen molar-refractivity contribution in [1.82, 2.24) is 10.6 Å². The Hall–Kier alpha value is -4.70. The molecule has 4 aromatic rings. The van der Waals surface area contributed by atoms with E-state index in [1.54, 1.807) is 0 Å². The molecule has 0 spiro atoms. The maximum absolute atomic E-state index is 12.9. The van der Waals surface area contributed by atoms with Crippen molar-refractivity contribution in [3.05, 3.63) is 131 Å². The van der Waals surface area contributed by atoms with Crippen molar-refractivity contribution in [2.75, 3.05) is 0 Å². The smallest absolute Gasteiger partial charge is 0.258 e. The van der Waals surface area contributed by atoms with Crippen LogP contribution in [0, 0.1) is 0 Å². The molecule has 0 bridgehead atoms. The van der Waals surface area contributed by atoms with E-state index in [-0.39, 0.29) is 11.8 Å². The average Bonchev–Trinajstić information content (AvgIpc) is 3.43. The standard InChI is InChI=1S/C30H20N2O2/c33-29-25-26(28(32-29)24-17-13-22(14-18-24)20-9-5-2-6-10-20)30(34)31-27(25)23-15-11-21(12-16-23)19-7-3-1-4-8-19/h1-18H,(H,31,34)(H,32,33). The monoisotopic (exact) mass is 440 g/mol. The number of amides is 2. The van der Waals surface area contributed by atoms with Crippen molar-refractivity contribution in [2.45, 2.75) is 0 Å². The van der Waals surface area contributed by atoms with Gasteiger partial charge in [0.2, 0.25) is 0 Å². The molecule has 6 rings (SSSR count). The van der Waals surface area contributed by atoms with E-state index < -0.39 is 0 Å². The Morgan fingerprint density at radius 1 is 0.353 bits per heavy atom. The summed E-state index contributed by atoms with van der Waals surface area (Å²) in [5.41, 5.74) is 7.88. The van der Waals surface area contributed by atoms with E-state index in [9.17, 15) is 9.59 Å². The van der Waals surface area contributed by atoms with Crippen LogP contribution in [-0.4, -0.2) is 11.8 Å². The van der Waals surface area contributed by atoms with E-state index in [0.717, 1.165) is 33.4 Å². The van der Waals surface area contributed by atoms with Gasteiger partial charge in [0.15, 0.2) is 0 Å². The van der Waals surface area contributed by atoms with Crippen LogP contribution in [-0.2, 0) is 9.59 Å². The van der Waals surface area contributed by atoms with Gasteiger partial charge in [0.25, 0.3) is 11.8 Å². The molecule has 2 aliphatic heterocycles. The Morgan fingerprint density at radius 3 is 1.00 bits per heavy atom. The second-order valence-corrected chi connectivity index (χ2v) is 8.29. The number of carbonyl (C=O) groups excluding carboxylic acids is 2. The van der Waals surface area contributed by atoms with Gasteiger partial charge in [-0.15, -0.1) is 0 Å². The SMILES string of the molecule is O=C1NC(c2ccc(-c3ccccc3)cc2)=C2C(=O)NC(c3ccc(-c4ccccc4)cc3)=C12. The van der Waals surface area contributed by atoms with Gasteiger partial charge in [-0.25, -0.2) is 0 Å². The minimum absolute atomic E-state index is 0.266. The molecule has 2 aliphatic rings. The number of fused-ring (bicyclic) bond motifs is 1. The van der Waals surface area contributed by atoms with Crippen LogP contribution in [0.15, 0.2) is 120 Å². The zero-order chi connectivity index (χ0) is 23.1. The van der Waals surface area contributed by atoms with E-state index in [1.165, 1.54) is 0 Å². The van der Waals surface area contributed by atoms with Gasteiger partial charge in [0.1, 0.15) is 0 Å². The fourth-order valence-corrected chi connectivity index (χ4v) is 4.53. The summed E-state index contributed by atoms with van der Waals surface area (Å²) in [6.45, 7) is 0. The molecule has 0 unspecified atom stereocenters. The minimum atomic E-state index is -0.266. The molecular formula is C30H20N2O2. The van der Waals surface area contributed by atoms with E-state index in [4.69, 9.17) is 0 Å². The molecule has 2 heterocycles. The molecule has 0 fully saturated rings. The molecule has 2 N–H and O–H groups in total. The summed E-state index contributed by atoms with van der Waals surface area (Å²) in [6.07, 6.45) is 0. The number of hydrogen-bond donors (Lipinski definition) is 2. The van der Waals surface area contributed by atoms with Crippen molar-refractivity contribution in [1.29, 1.82) is 0 Å². The summed E-state index contributed by atoms with van der Waals surface area (Å²) in [7, 11) is 0. The topological polar surface area (TPSA) is 58.2 Å². The van der Waals surface area contributed by atoms with Crippen molar-refractivity contribution in [3.63, 3.8) is 0 Å².